The van der Waals surface area contributed by atoms with Crippen molar-refractivity contribution in [1.29, 1.82) is 0 Å². The van der Waals surface area contributed by atoms with Crippen molar-refractivity contribution in [3.05, 3.63) is 221 Å². The molecule has 3 aromatic carbocycles. The second-order valence-electron chi connectivity index (χ2n) is 19.1. The second kappa shape index (κ2) is 24.4. The lowest BCUT2D eigenvalue weighted by Crippen LogP contribution is -2.25. The predicted octanol–water partition coefficient (Wildman–Crippen LogP) is 9.57. The topological polar surface area (TPSA) is 153 Å². The SMILES string of the molecule is CN(C)c1ccc2c(-c3ccc(C(=O)NCCCCOc4cc(CN(Cc5ccccn5)Cc5ccccn5)cc(CN(Cc5ccccn5)Cc5ccccn5)c4)cc3C(=O)O)c3ccc(=[N+](C)C)cc-3oc2c1. The fraction of sp³-hybridized carbons (Fsp3) is 0.230. The summed E-state index contributed by atoms with van der Waals surface area (Å²) in [6, 6.07) is 47.1. The summed E-state index contributed by atoms with van der Waals surface area (Å²) in [5.74, 6) is -0.116. The molecule has 1 aliphatic carbocycles. The lowest BCUT2D eigenvalue weighted by atomic mass is 9.89. The van der Waals surface area contributed by atoms with Gasteiger partial charge in [-0.15, -0.1) is 0 Å². The Labute approximate surface area is 437 Å². The Kier molecular flexibility index (Phi) is 16.7. The molecule has 1 aliphatic heterocycles. The summed E-state index contributed by atoms with van der Waals surface area (Å²) < 4.78 is 15.0. The molecule has 14 nitrogen and oxygen atoms in total. The number of unbranched alkanes of at least 4 members (excludes halogenated alkanes) is 1. The maximum absolute atomic E-state index is 13.7. The van der Waals surface area contributed by atoms with Crippen LogP contribution in [-0.2, 0) is 39.3 Å². The van der Waals surface area contributed by atoms with Gasteiger partial charge in [0.25, 0.3) is 5.91 Å². The minimum atomic E-state index is -1.14. The third kappa shape index (κ3) is 13.5. The summed E-state index contributed by atoms with van der Waals surface area (Å²) in [6.45, 7) is 4.56. The van der Waals surface area contributed by atoms with Crippen LogP contribution in [0.5, 0.6) is 5.75 Å². The average Bonchev–Trinajstić information content (AvgIpc) is 3.42. The van der Waals surface area contributed by atoms with Gasteiger partial charge in [-0.1, -0.05) is 36.4 Å². The first-order valence-corrected chi connectivity index (χ1v) is 25.2. The van der Waals surface area contributed by atoms with Gasteiger partial charge in [-0.2, -0.15) is 0 Å². The van der Waals surface area contributed by atoms with E-state index >= 15 is 0 Å². The number of carboxylic acid groups (broad SMARTS) is 1. The van der Waals surface area contributed by atoms with Crippen LogP contribution in [0.4, 0.5) is 5.69 Å². The zero-order valence-electron chi connectivity index (χ0n) is 42.9. The third-order valence-electron chi connectivity index (χ3n) is 12.9. The van der Waals surface area contributed by atoms with Crippen LogP contribution in [0.25, 0.3) is 33.4 Å². The van der Waals surface area contributed by atoms with Crippen molar-refractivity contribution in [2.24, 2.45) is 0 Å². The Hall–Kier alpha value is -8.59. The first-order chi connectivity index (χ1) is 36.5. The summed E-state index contributed by atoms with van der Waals surface area (Å²) in [5, 5.41) is 15.4. The summed E-state index contributed by atoms with van der Waals surface area (Å²) >= 11 is 0. The maximum Gasteiger partial charge on any atom is 0.336 e. The number of rotatable bonds is 22. The van der Waals surface area contributed by atoms with Crippen molar-refractivity contribution in [2.75, 3.05) is 46.2 Å². The van der Waals surface area contributed by atoms with Crippen LogP contribution in [-0.4, -0.2) is 88.1 Å². The highest BCUT2D eigenvalue weighted by Crippen LogP contribution is 2.42. The Balaban J connectivity index is 0.908. The molecule has 5 heterocycles. The molecular formula is C61H62N9O5+. The highest BCUT2D eigenvalue weighted by molar-refractivity contribution is 6.09. The monoisotopic (exact) mass is 1000 g/mol. The maximum atomic E-state index is 13.7. The van der Waals surface area contributed by atoms with Crippen molar-refractivity contribution in [1.82, 2.24) is 39.6 Å². The molecule has 0 spiro atoms. The fourth-order valence-electron chi connectivity index (χ4n) is 9.24. The van der Waals surface area contributed by atoms with E-state index in [1.165, 1.54) is 6.07 Å². The number of carbonyl (C=O) groups is 2. The predicted molar refractivity (Wildman–Crippen MR) is 293 cm³/mol. The van der Waals surface area contributed by atoms with E-state index in [0.29, 0.717) is 82.2 Å². The number of carboxylic acids is 1. The molecule has 7 aromatic rings. The number of aromatic nitrogens is 4. The molecule has 1 amide bonds. The molecule has 0 fully saturated rings. The number of nitrogens with one attached hydrogen (secondary N) is 1. The van der Waals surface area contributed by atoms with Crippen LogP contribution in [0.2, 0.25) is 0 Å². The molecule has 0 bridgehead atoms. The highest BCUT2D eigenvalue weighted by atomic mass is 16.5. The molecule has 75 heavy (non-hydrogen) atoms. The Morgan fingerprint density at radius 3 is 1.68 bits per heavy atom. The molecule has 380 valence electrons. The number of nitrogens with zero attached hydrogens (tertiary/aromatic N) is 8. The van der Waals surface area contributed by atoms with Crippen molar-refractivity contribution >= 4 is 28.5 Å². The minimum absolute atomic E-state index is 0.0213. The van der Waals surface area contributed by atoms with Crippen molar-refractivity contribution in [2.45, 2.75) is 52.1 Å². The zero-order valence-corrected chi connectivity index (χ0v) is 42.9. The number of anilines is 1. The first kappa shape index (κ1) is 51.3. The zero-order chi connectivity index (χ0) is 52.1. The first-order valence-electron chi connectivity index (χ1n) is 25.2. The van der Waals surface area contributed by atoms with E-state index < -0.39 is 5.97 Å². The quantitative estimate of drug-likeness (QED) is 0.0378. The van der Waals surface area contributed by atoms with Crippen molar-refractivity contribution < 1.29 is 23.8 Å². The number of fused-ring (bicyclic) bond motifs is 2. The van der Waals surface area contributed by atoms with Crippen LogP contribution in [0, 0.1) is 0 Å². The minimum Gasteiger partial charge on any atom is -0.494 e. The van der Waals surface area contributed by atoms with Gasteiger partial charge < -0.3 is 24.5 Å². The normalized spacial score (nSPS) is 11.3. The van der Waals surface area contributed by atoms with Gasteiger partial charge in [0, 0.05) is 125 Å². The van der Waals surface area contributed by atoms with E-state index in [2.05, 4.69) is 53.3 Å². The number of benzene rings is 4. The summed E-state index contributed by atoms with van der Waals surface area (Å²) in [4.78, 5) is 52.0. The third-order valence-corrected chi connectivity index (χ3v) is 12.9. The van der Waals surface area contributed by atoms with Gasteiger partial charge in [0.1, 0.15) is 31.2 Å². The van der Waals surface area contributed by atoms with Gasteiger partial charge in [0.05, 0.1) is 41.0 Å². The van der Waals surface area contributed by atoms with Crippen LogP contribution >= 0.6 is 0 Å². The Morgan fingerprint density at radius 1 is 0.613 bits per heavy atom. The summed E-state index contributed by atoms with van der Waals surface area (Å²) in [5.41, 5.74) is 9.87. The molecule has 2 aliphatic rings. The highest BCUT2D eigenvalue weighted by Gasteiger charge is 2.24. The second-order valence-corrected chi connectivity index (χ2v) is 19.1. The molecular weight excluding hydrogens is 939 g/mol. The van der Waals surface area contributed by atoms with Gasteiger partial charge in [-0.3, -0.25) is 34.5 Å². The lowest BCUT2D eigenvalue weighted by Gasteiger charge is -2.25. The molecule has 0 unspecified atom stereocenters. The number of hydrogen-bond acceptors (Lipinski definition) is 11. The van der Waals surface area contributed by atoms with Gasteiger partial charge in [0.15, 0.2) is 0 Å². The van der Waals surface area contributed by atoms with Crippen molar-refractivity contribution in [3.63, 3.8) is 0 Å². The van der Waals surface area contributed by atoms with E-state index in [0.717, 1.165) is 67.2 Å². The number of pyridine rings is 4. The van der Waals surface area contributed by atoms with Crippen LogP contribution in [0.15, 0.2) is 175 Å². The van der Waals surface area contributed by atoms with Gasteiger partial charge >= 0.3 is 5.97 Å². The van der Waals surface area contributed by atoms with Crippen LogP contribution < -0.4 is 24.9 Å². The molecule has 0 radical (unpaired) electrons. The van der Waals surface area contributed by atoms with E-state index in [-0.39, 0.29) is 17.0 Å². The molecule has 4 aromatic heterocycles. The largest absolute Gasteiger partial charge is 0.494 e. The van der Waals surface area contributed by atoms with Gasteiger partial charge in [-0.05, 0) is 121 Å². The van der Waals surface area contributed by atoms with Crippen LogP contribution in [0.3, 0.4) is 0 Å². The molecule has 0 saturated carbocycles. The lowest BCUT2D eigenvalue weighted by molar-refractivity contribution is 0.0697. The number of aromatic carboxylic acids is 1. The standard InChI is InChI=1S/C61H61N9O5/c1-67(2)50-20-23-54-57(35-50)75-58-36-51(68(3)4)21-24-55(58)59(54)53-22-19-45(34-56(53)61(72)73)60(71)66-29-13-14-30-74-52-32-43(37-69(39-46-15-5-9-25-62-46)40-47-16-6-10-26-63-47)31-44(33-52)38-70(41-48-17-7-11-27-64-48)42-49-18-8-12-28-65-49/h5-12,15-28,31-36H,13-14,29-30,37-42H2,1-4H3,(H-,66,71,72,73)/p+1. The van der Waals surface area contributed by atoms with Gasteiger partial charge in [0.2, 0.25) is 5.36 Å². The van der Waals surface area contributed by atoms with E-state index in [1.54, 1.807) is 12.1 Å². The number of ether oxygens (including phenoxy) is 1. The van der Waals surface area contributed by atoms with Crippen molar-refractivity contribution in [3.8, 4) is 28.2 Å². The molecule has 9 rings (SSSR count). The number of carbonyl (C=O) groups excluding carboxylic acids is 1. The Bertz CT molecular complexity index is 3220. The van der Waals surface area contributed by atoms with E-state index in [9.17, 15) is 14.7 Å². The average molecular weight is 1000 g/mol. The fourth-order valence-corrected chi connectivity index (χ4v) is 9.24. The van der Waals surface area contributed by atoms with Crippen LogP contribution in [0.1, 0.15) is 67.5 Å². The summed E-state index contributed by atoms with van der Waals surface area (Å²) in [6.07, 6.45) is 8.60. The molecule has 0 saturated heterocycles. The molecule has 2 N–H and O–H groups in total. The smallest absolute Gasteiger partial charge is 0.336 e. The molecule has 0 atom stereocenters. The van der Waals surface area contributed by atoms with E-state index in [4.69, 9.17) is 9.15 Å². The Morgan fingerprint density at radius 2 is 1.17 bits per heavy atom. The van der Waals surface area contributed by atoms with E-state index in [1.807, 2.05) is 172 Å². The molecule has 14 heteroatoms. The number of hydrogen-bond donors (Lipinski definition) is 2. The summed E-state index contributed by atoms with van der Waals surface area (Å²) in [7, 11) is 7.84. The number of amides is 1. The van der Waals surface area contributed by atoms with Gasteiger partial charge in [-0.25, -0.2) is 9.37 Å².